The van der Waals surface area contributed by atoms with Gasteiger partial charge >= 0.3 is 5.97 Å². The van der Waals surface area contributed by atoms with Crippen LogP contribution in [0.25, 0.3) is 0 Å². The standard InChI is InChI=1S/C19H21NO3.C16H14O4/c1-14(2)20-19(22)17-7-3-15(4-8-17)11-12-23-18-9-5-16(13-21)6-10-18;17-11-13-3-7-15(8-4-13)20-10-9-12-1-5-14(6-2-12)16(18)19/h3-10,13-14H,11-12H2,1-2H3,(H,20,22);1-8,11H,9-10H2,(H,18,19). The number of carboxylic acids is 1. The van der Waals surface area contributed by atoms with E-state index in [1.807, 2.05) is 38.1 Å². The number of aromatic carboxylic acids is 1. The minimum Gasteiger partial charge on any atom is -0.493 e. The number of hydrogen-bond donors (Lipinski definition) is 2. The first kappa shape index (κ1) is 32.3. The van der Waals surface area contributed by atoms with Crippen LogP contribution in [-0.2, 0) is 12.8 Å². The molecule has 0 atom stereocenters. The van der Waals surface area contributed by atoms with E-state index in [9.17, 15) is 19.2 Å². The zero-order valence-corrected chi connectivity index (χ0v) is 24.2. The monoisotopic (exact) mass is 581 g/mol. The third kappa shape index (κ3) is 11.3. The lowest BCUT2D eigenvalue weighted by molar-refractivity contribution is 0.0696. The highest BCUT2D eigenvalue weighted by Gasteiger charge is 2.07. The Bertz CT molecular complexity index is 1460. The molecule has 4 aromatic rings. The van der Waals surface area contributed by atoms with Gasteiger partial charge in [-0.15, -0.1) is 0 Å². The van der Waals surface area contributed by atoms with Gasteiger partial charge < -0.3 is 19.9 Å². The number of amides is 1. The van der Waals surface area contributed by atoms with Gasteiger partial charge in [-0.05, 0) is 97.8 Å². The van der Waals surface area contributed by atoms with Gasteiger partial charge in [-0.1, -0.05) is 24.3 Å². The fraction of sp³-hybridized carbons (Fsp3) is 0.200. The maximum Gasteiger partial charge on any atom is 0.335 e. The molecule has 8 heteroatoms. The second-order valence-corrected chi connectivity index (χ2v) is 9.90. The van der Waals surface area contributed by atoms with Crippen LogP contribution in [0.5, 0.6) is 11.5 Å². The van der Waals surface area contributed by atoms with Crippen molar-refractivity contribution in [3.63, 3.8) is 0 Å². The lowest BCUT2D eigenvalue weighted by atomic mass is 10.1. The van der Waals surface area contributed by atoms with Crippen molar-refractivity contribution in [2.24, 2.45) is 0 Å². The van der Waals surface area contributed by atoms with E-state index in [1.54, 1.807) is 72.8 Å². The van der Waals surface area contributed by atoms with Crippen LogP contribution in [0.3, 0.4) is 0 Å². The summed E-state index contributed by atoms with van der Waals surface area (Å²) in [5.41, 5.74) is 4.30. The molecule has 0 saturated heterocycles. The second kappa shape index (κ2) is 16.9. The molecule has 4 aromatic carbocycles. The fourth-order valence-corrected chi connectivity index (χ4v) is 3.84. The predicted octanol–water partition coefficient (Wildman–Crippen LogP) is 6.08. The molecular weight excluding hydrogens is 546 g/mol. The Morgan fingerprint density at radius 3 is 1.40 bits per heavy atom. The van der Waals surface area contributed by atoms with Gasteiger partial charge in [-0.2, -0.15) is 0 Å². The lowest BCUT2D eigenvalue weighted by Gasteiger charge is -2.09. The van der Waals surface area contributed by atoms with Crippen LogP contribution >= 0.6 is 0 Å². The first-order valence-electron chi connectivity index (χ1n) is 13.9. The molecular formula is C35H35NO7. The molecule has 1 amide bonds. The molecule has 2 N–H and O–H groups in total. The normalized spacial score (nSPS) is 10.2. The third-order valence-corrected chi connectivity index (χ3v) is 6.19. The number of nitrogens with one attached hydrogen (secondary N) is 1. The summed E-state index contributed by atoms with van der Waals surface area (Å²) in [6.07, 6.45) is 3.03. The molecule has 0 saturated carbocycles. The van der Waals surface area contributed by atoms with Gasteiger partial charge in [0.15, 0.2) is 0 Å². The average Bonchev–Trinajstić information content (AvgIpc) is 3.02. The van der Waals surface area contributed by atoms with E-state index < -0.39 is 5.97 Å². The minimum absolute atomic E-state index is 0.0573. The molecule has 0 unspecified atom stereocenters. The summed E-state index contributed by atoms with van der Waals surface area (Å²) in [5.74, 6) is 0.461. The van der Waals surface area contributed by atoms with E-state index in [2.05, 4.69) is 5.32 Å². The topological polar surface area (TPSA) is 119 Å². The van der Waals surface area contributed by atoms with Crippen molar-refractivity contribution < 1.29 is 33.8 Å². The van der Waals surface area contributed by atoms with E-state index in [1.165, 1.54) is 0 Å². The van der Waals surface area contributed by atoms with Crippen molar-refractivity contribution >= 4 is 24.4 Å². The van der Waals surface area contributed by atoms with Crippen molar-refractivity contribution in [2.75, 3.05) is 13.2 Å². The third-order valence-electron chi connectivity index (χ3n) is 6.19. The molecule has 0 radical (unpaired) electrons. The summed E-state index contributed by atoms with van der Waals surface area (Å²) in [5, 5.41) is 11.7. The molecule has 0 aromatic heterocycles. The molecule has 222 valence electrons. The van der Waals surface area contributed by atoms with Crippen LogP contribution in [0.15, 0.2) is 97.1 Å². The number of carbonyl (C=O) groups is 4. The summed E-state index contributed by atoms with van der Waals surface area (Å²) >= 11 is 0. The summed E-state index contributed by atoms with van der Waals surface area (Å²) in [6.45, 7) is 4.90. The fourth-order valence-electron chi connectivity index (χ4n) is 3.84. The SMILES string of the molecule is CC(C)NC(=O)c1ccc(CCOc2ccc(C=O)cc2)cc1.O=Cc1ccc(OCCc2ccc(C(=O)O)cc2)cc1. The molecule has 0 heterocycles. The minimum atomic E-state index is -0.928. The van der Waals surface area contributed by atoms with Crippen LogP contribution in [-0.4, -0.2) is 48.8 Å². The highest BCUT2D eigenvalue weighted by molar-refractivity contribution is 5.94. The number of rotatable bonds is 13. The van der Waals surface area contributed by atoms with Crippen molar-refractivity contribution in [3.05, 3.63) is 130 Å². The summed E-state index contributed by atoms with van der Waals surface area (Å²) in [7, 11) is 0. The van der Waals surface area contributed by atoms with Crippen LogP contribution in [0.4, 0.5) is 0 Å². The van der Waals surface area contributed by atoms with Gasteiger partial charge in [0, 0.05) is 35.6 Å². The highest BCUT2D eigenvalue weighted by atomic mass is 16.5. The number of benzene rings is 4. The average molecular weight is 582 g/mol. The largest absolute Gasteiger partial charge is 0.493 e. The maximum absolute atomic E-state index is 11.9. The Labute approximate surface area is 251 Å². The molecule has 0 bridgehead atoms. The predicted molar refractivity (Wildman–Crippen MR) is 165 cm³/mol. The Hall–Kier alpha value is -5.24. The number of carboxylic acid groups (broad SMARTS) is 1. The van der Waals surface area contributed by atoms with Crippen molar-refractivity contribution in [3.8, 4) is 11.5 Å². The van der Waals surface area contributed by atoms with E-state index in [0.29, 0.717) is 42.1 Å². The van der Waals surface area contributed by atoms with Crippen molar-refractivity contribution in [1.82, 2.24) is 5.32 Å². The number of ether oxygens (including phenoxy) is 2. The summed E-state index contributed by atoms with van der Waals surface area (Å²) in [4.78, 5) is 43.7. The first-order chi connectivity index (χ1) is 20.8. The quantitative estimate of drug-likeness (QED) is 0.184. The molecule has 8 nitrogen and oxygen atoms in total. The molecule has 0 aliphatic heterocycles. The van der Waals surface area contributed by atoms with Gasteiger partial charge in [-0.3, -0.25) is 14.4 Å². The smallest absolute Gasteiger partial charge is 0.335 e. The van der Waals surface area contributed by atoms with E-state index >= 15 is 0 Å². The van der Waals surface area contributed by atoms with Crippen LogP contribution in [0.1, 0.15) is 66.4 Å². The molecule has 4 rings (SSSR count). The van der Waals surface area contributed by atoms with Crippen LogP contribution in [0.2, 0.25) is 0 Å². The van der Waals surface area contributed by atoms with Gasteiger partial charge in [-0.25, -0.2) is 4.79 Å². The van der Waals surface area contributed by atoms with Crippen LogP contribution in [0, 0.1) is 0 Å². The number of carbonyl (C=O) groups excluding carboxylic acids is 3. The zero-order chi connectivity index (χ0) is 31.0. The number of aldehydes is 2. The molecule has 0 spiro atoms. The Morgan fingerprint density at radius 2 is 1.05 bits per heavy atom. The van der Waals surface area contributed by atoms with Crippen LogP contribution < -0.4 is 14.8 Å². The van der Waals surface area contributed by atoms with Crippen molar-refractivity contribution in [2.45, 2.75) is 32.7 Å². The molecule has 43 heavy (non-hydrogen) atoms. The van der Waals surface area contributed by atoms with Gasteiger partial charge in [0.25, 0.3) is 5.91 Å². The van der Waals surface area contributed by atoms with E-state index in [4.69, 9.17) is 14.6 Å². The van der Waals surface area contributed by atoms with E-state index in [0.717, 1.165) is 35.9 Å². The summed E-state index contributed by atoms with van der Waals surface area (Å²) in [6, 6.07) is 28.3. The summed E-state index contributed by atoms with van der Waals surface area (Å²) < 4.78 is 11.2. The highest BCUT2D eigenvalue weighted by Crippen LogP contribution is 2.14. The van der Waals surface area contributed by atoms with Gasteiger partial charge in [0.2, 0.25) is 0 Å². The Balaban J connectivity index is 0.000000238. The molecule has 0 fully saturated rings. The van der Waals surface area contributed by atoms with Gasteiger partial charge in [0.05, 0.1) is 18.8 Å². The van der Waals surface area contributed by atoms with Crippen molar-refractivity contribution in [1.29, 1.82) is 0 Å². The molecule has 0 aliphatic rings. The first-order valence-corrected chi connectivity index (χ1v) is 13.9. The Morgan fingerprint density at radius 1 is 0.651 bits per heavy atom. The lowest BCUT2D eigenvalue weighted by Crippen LogP contribution is -2.29. The Kier molecular flexibility index (Phi) is 12.7. The van der Waals surface area contributed by atoms with Gasteiger partial charge in [0.1, 0.15) is 24.1 Å². The zero-order valence-electron chi connectivity index (χ0n) is 24.2. The second-order valence-electron chi connectivity index (χ2n) is 9.90. The maximum atomic E-state index is 11.9. The van der Waals surface area contributed by atoms with E-state index in [-0.39, 0.29) is 17.5 Å². The molecule has 0 aliphatic carbocycles. The number of hydrogen-bond acceptors (Lipinski definition) is 6.